The smallest absolute Gasteiger partial charge is 0.196 e. The summed E-state index contributed by atoms with van der Waals surface area (Å²) < 4.78 is 6.23. The first-order chi connectivity index (χ1) is 18.7. The van der Waals surface area contributed by atoms with Crippen LogP contribution in [0.2, 0.25) is 0 Å². The number of fused-ring (bicyclic) bond motifs is 3. The summed E-state index contributed by atoms with van der Waals surface area (Å²) in [5, 5.41) is 11.4. The highest BCUT2D eigenvalue weighted by molar-refractivity contribution is 6.09. The quantitative estimate of drug-likeness (QED) is 0.233. The first-order valence-electron chi connectivity index (χ1n) is 11.9. The van der Waals surface area contributed by atoms with Gasteiger partial charge in [-0.2, -0.15) is 5.26 Å². The van der Waals surface area contributed by atoms with E-state index in [2.05, 4.69) is 46.1 Å². The molecule has 0 fully saturated rings. The summed E-state index contributed by atoms with van der Waals surface area (Å²) in [7, 11) is 0. The summed E-state index contributed by atoms with van der Waals surface area (Å²) >= 11 is 0. The van der Waals surface area contributed by atoms with Crippen molar-refractivity contribution in [1.29, 1.82) is 5.26 Å². The van der Waals surface area contributed by atoms with E-state index < -0.39 is 0 Å². The van der Waals surface area contributed by atoms with Crippen LogP contribution in [0.4, 0.5) is 28.4 Å². The van der Waals surface area contributed by atoms with Crippen LogP contribution in [0.3, 0.4) is 0 Å². The number of benzene rings is 5. The number of hydrogen-bond acceptors (Lipinski definition) is 3. The van der Waals surface area contributed by atoms with Crippen molar-refractivity contribution in [3.63, 3.8) is 0 Å². The van der Waals surface area contributed by atoms with E-state index in [-0.39, 0.29) is 0 Å². The zero-order chi connectivity index (χ0) is 26.1. The van der Waals surface area contributed by atoms with E-state index in [1.165, 1.54) is 0 Å². The summed E-state index contributed by atoms with van der Waals surface area (Å²) in [4.78, 5) is 9.03. The molecule has 176 valence electrons. The molecule has 0 aliphatic heterocycles. The largest absolute Gasteiger partial charge is 0.455 e. The minimum absolute atomic E-state index is 0.296. The van der Waals surface area contributed by atoms with Crippen molar-refractivity contribution < 1.29 is 4.42 Å². The van der Waals surface area contributed by atoms with Crippen LogP contribution in [0.15, 0.2) is 114 Å². The van der Waals surface area contributed by atoms with Gasteiger partial charge in [0, 0.05) is 33.4 Å². The number of nitriles is 1. The molecular formula is C33H18N4O. The summed E-state index contributed by atoms with van der Waals surface area (Å²) in [6.45, 7) is 14.9. The number of rotatable bonds is 4. The second-order valence-electron chi connectivity index (χ2n) is 8.72. The Bertz CT molecular complexity index is 1950. The van der Waals surface area contributed by atoms with Crippen LogP contribution < -0.4 is 4.90 Å². The molecule has 0 amide bonds. The Morgan fingerprint density at radius 2 is 1.32 bits per heavy atom. The molecule has 5 nitrogen and oxygen atoms in total. The van der Waals surface area contributed by atoms with E-state index in [1.807, 2.05) is 59.5 Å². The van der Waals surface area contributed by atoms with Gasteiger partial charge in [-0.15, -0.1) is 0 Å². The molecule has 5 aromatic carbocycles. The normalized spacial score (nSPS) is 10.6. The monoisotopic (exact) mass is 486 g/mol. The number of anilines is 3. The number of para-hydroxylation sites is 2. The molecule has 5 heteroatoms. The third-order valence-corrected chi connectivity index (χ3v) is 6.55. The molecule has 38 heavy (non-hydrogen) atoms. The molecule has 0 N–H and O–H groups in total. The van der Waals surface area contributed by atoms with Crippen molar-refractivity contribution in [3.8, 4) is 17.2 Å². The summed E-state index contributed by atoms with van der Waals surface area (Å²) in [5.74, 6) is 0. The third kappa shape index (κ3) is 3.80. The van der Waals surface area contributed by atoms with Gasteiger partial charge < -0.3 is 9.32 Å². The van der Waals surface area contributed by atoms with Crippen LogP contribution in [0.25, 0.3) is 42.8 Å². The van der Waals surface area contributed by atoms with Crippen LogP contribution in [-0.2, 0) is 0 Å². The van der Waals surface area contributed by atoms with E-state index in [9.17, 15) is 5.26 Å². The fourth-order valence-corrected chi connectivity index (χ4v) is 4.73. The standard InChI is InChI=1S/C33H18N4O/c1-35-30-19-18-26(20-31(30)36-2)37(24-14-10-22(21-34)11-15-24)25-16-12-23(13-17-25)27-7-5-8-29-28-6-3-4-9-32(28)38-33(27)29/h3-20H. The fraction of sp³-hybridized carbons (Fsp3) is 0. The predicted molar refractivity (Wildman–Crippen MR) is 151 cm³/mol. The van der Waals surface area contributed by atoms with Gasteiger partial charge in [0.15, 0.2) is 11.4 Å². The summed E-state index contributed by atoms with van der Waals surface area (Å²) in [6.07, 6.45) is 0. The van der Waals surface area contributed by atoms with Crippen molar-refractivity contribution in [2.24, 2.45) is 0 Å². The van der Waals surface area contributed by atoms with Crippen molar-refractivity contribution in [2.75, 3.05) is 4.90 Å². The van der Waals surface area contributed by atoms with Crippen LogP contribution in [0, 0.1) is 24.5 Å². The van der Waals surface area contributed by atoms with Gasteiger partial charge in [-0.3, -0.25) is 9.69 Å². The van der Waals surface area contributed by atoms with E-state index in [4.69, 9.17) is 17.6 Å². The van der Waals surface area contributed by atoms with Crippen LogP contribution >= 0.6 is 0 Å². The maximum absolute atomic E-state index is 9.25. The topological polar surface area (TPSA) is 48.9 Å². The molecular weight excluding hydrogens is 468 g/mol. The van der Waals surface area contributed by atoms with Gasteiger partial charge in [0.1, 0.15) is 11.2 Å². The molecule has 6 rings (SSSR count). The maximum atomic E-state index is 9.25. The molecule has 6 aromatic rings. The lowest BCUT2D eigenvalue weighted by molar-refractivity contribution is 0.670. The molecule has 0 aliphatic rings. The number of furan rings is 1. The van der Waals surface area contributed by atoms with Gasteiger partial charge in [0.2, 0.25) is 0 Å². The Labute approximate surface area is 219 Å². The van der Waals surface area contributed by atoms with E-state index in [1.54, 1.807) is 24.3 Å². The van der Waals surface area contributed by atoms with E-state index in [0.717, 1.165) is 50.1 Å². The minimum Gasteiger partial charge on any atom is -0.455 e. The molecule has 1 heterocycles. The van der Waals surface area contributed by atoms with Crippen LogP contribution in [0.5, 0.6) is 0 Å². The lowest BCUT2D eigenvalue weighted by Crippen LogP contribution is -2.09. The average Bonchev–Trinajstić information content (AvgIpc) is 3.37. The Morgan fingerprint density at radius 3 is 2.03 bits per heavy atom. The molecule has 0 bridgehead atoms. The Kier molecular flexibility index (Phi) is 5.55. The second-order valence-corrected chi connectivity index (χ2v) is 8.72. The molecule has 1 aromatic heterocycles. The summed E-state index contributed by atoms with van der Waals surface area (Å²) in [5.41, 5.74) is 7.37. The van der Waals surface area contributed by atoms with Crippen molar-refractivity contribution in [3.05, 3.63) is 138 Å². The predicted octanol–water partition coefficient (Wildman–Crippen LogP) is 9.70. The maximum Gasteiger partial charge on any atom is 0.196 e. The van der Waals surface area contributed by atoms with Gasteiger partial charge in [-0.25, -0.2) is 0 Å². The molecule has 0 atom stereocenters. The van der Waals surface area contributed by atoms with Gasteiger partial charge in [-0.1, -0.05) is 60.7 Å². The third-order valence-electron chi connectivity index (χ3n) is 6.55. The zero-order valence-corrected chi connectivity index (χ0v) is 20.1. The highest BCUT2D eigenvalue weighted by Gasteiger charge is 2.16. The van der Waals surface area contributed by atoms with Crippen molar-refractivity contribution in [1.82, 2.24) is 0 Å². The van der Waals surface area contributed by atoms with Crippen LogP contribution in [0.1, 0.15) is 5.56 Å². The van der Waals surface area contributed by atoms with Gasteiger partial charge in [0.05, 0.1) is 24.8 Å². The minimum atomic E-state index is 0.296. The molecule has 0 unspecified atom stereocenters. The second kappa shape index (κ2) is 9.32. The highest BCUT2D eigenvalue weighted by Crippen LogP contribution is 2.41. The first kappa shape index (κ1) is 22.6. The molecule has 0 saturated carbocycles. The average molecular weight is 487 g/mol. The Morgan fingerprint density at radius 1 is 0.658 bits per heavy atom. The van der Waals surface area contributed by atoms with Gasteiger partial charge >= 0.3 is 0 Å². The van der Waals surface area contributed by atoms with E-state index >= 15 is 0 Å². The van der Waals surface area contributed by atoms with E-state index in [0.29, 0.717) is 16.9 Å². The molecule has 0 saturated heterocycles. The number of hydrogen-bond donors (Lipinski definition) is 0. The van der Waals surface area contributed by atoms with Gasteiger partial charge in [0.25, 0.3) is 0 Å². The van der Waals surface area contributed by atoms with Crippen LogP contribution in [-0.4, -0.2) is 0 Å². The zero-order valence-electron chi connectivity index (χ0n) is 20.1. The fourth-order valence-electron chi connectivity index (χ4n) is 4.73. The SMILES string of the molecule is [C-]#[N+]c1ccc(N(c2ccc(C#N)cc2)c2ccc(-c3cccc4c3oc3ccccc34)cc2)cc1[N+]#[C-]. The lowest BCUT2D eigenvalue weighted by atomic mass is 10.0. The Hall–Kier alpha value is -5.83. The molecule has 0 radical (unpaired) electrons. The molecule has 0 aliphatic carbocycles. The highest BCUT2D eigenvalue weighted by atomic mass is 16.3. The van der Waals surface area contributed by atoms with Gasteiger partial charge in [-0.05, 0) is 54.1 Å². The first-order valence-corrected chi connectivity index (χ1v) is 11.9. The Balaban J connectivity index is 1.47. The van der Waals surface area contributed by atoms with Crippen molar-refractivity contribution in [2.45, 2.75) is 0 Å². The lowest BCUT2D eigenvalue weighted by Gasteiger charge is -2.26. The van der Waals surface area contributed by atoms with Crippen molar-refractivity contribution >= 4 is 50.4 Å². The summed E-state index contributed by atoms with van der Waals surface area (Å²) in [6, 6.07) is 37.0. The number of nitrogens with zero attached hydrogens (tertiary/aromatic N) is 4. The molecule has 0 spiro atoms.